The Kier molecular flexibility index (Phi) is 10.0. The molecule has 1 saturated heterocycles. The lowest BCUT2D eigenvalue weighted by Crippen LogP contribution is -2.45. The number of benzene rings is 2. The van der Waals surface area contributed by atoms with Gasteiger partial charge < -0.3 is 23.7 Å². The molecule has 1 aliphatic heterocycles. The fourth-order valence-corrected chi connectivity index (χ4v) is 3.50. The normalized spacial score (nSPS) is 14.4. The van der Waals surface area contributed by atoms with Crippen molar-refractivity contribution in [3.8, 4) is 17.2 Å². The minimum absolute atomic E-state index is 0.134. The Morgan fingerprint density at radius 3 is 2.12 bits per heavy atom. The van der Waals surface area contributed by atoms with Crippen molar-refractivity contribution in [1.82, 2.24) is 0 Å². The Morgan fingerprint density at radius 1 is 0.848 bits per heavy atom. The summed E-state index contributed by atoms with van der Waals surface area (Å²) in [5, 5.41) is 0. The summed E-state index contributed by atoms with van der Waals surface area (Å²) in [7, 11) is 0. The van der Waals surface area contributed by atoms with Crippen LogP contribution < -0.4 is 14.2 Å². The summed E-state index contributed by atoms with van der Waals surface area (Å²) in [6.45, 7) is 7.33. The first kappa shape index (κ1) is 25.1. The number of ether oxygens (including phenoxy) is 5. The first-order chi connectivity index (χ1) is 16.1. The quantitative estimate of drug-likeness (QED) is 0.141. The summed E-state index contributed by atoms with van der Waals surface area (Å²) in [6.07, 6.45) is 7.04. The Bertz CT molecular complexity index is 821. The molecule has 6 nitrogen and oxygen atoms in total. The molecule has 1 heterocycles. The van der Waals surface area contributed by atoms with Crippen LogP contribution in [-0.4, -0.2) is 39.2 Å². The number of carbonyl (C=O) groups is 1. The van der Waals surface area contributed by atoms with E-state index in [1.807, 2.05) is 12.1 Å². The summed E-state index contributed by atoms with van der Waals surface area (Å²) in [4.78, 5) is 12.4. The van der Waals surface area contributed by atoms with Gasteiger partial charge in [0, 0.05) is 5.41 Å². The highest BCUT2D eigenvalue weighted by Gasteiger charge is 2.37. The smallest absolute Gasteiger partial charge is 0.343 e. The predicted molar refractivity (Wildman–Crippen MR) is 127 cm³/mol. The van der Waals surface area contributed by atoms with E-state index < -0.39 is 5.97 Å². The van der Waals surface area contributed by atoms with Crippen molar-refractivity contribution in [2.24, 2.45) is 5.41 Å². The molecule has 0 aromatic heterocycles. The SMILES string of the molecule is CCCCCCCOc1ccc(OC(=O)c2ccc(OCOCC3(CC)COC3)cc2)cc1. The van der Waals surface area contributed by atoms with Crippen molar-refractivity contribution in [3.63, 3.8) is 0 Å². The molecule has 2 aromatic carbocycles. The van der Waals surface area contributed by atoms with Crippen molar-refractivity contribution in [1.29, 1.82) is 0 Å². The van der Waals surface area contributed by atoms with E-state index in [0.717, 1.165) is 31.8 Å². The van der Waals surface area contributed by atoms with Crippen LogP contribution >= 0.6 is 0 Å². The molecule has 6 heteroatoms. The molecule has 1 fully saturated rings. The molecule has 0 radical (unpaired) electrons. The van der Waals surface area contributed by atoms with Gasteiger partial charge in [-0.2, -0.15) is 0 Å². The molecule has 1 aliphatic rings. The average Bonchev–Trinajstić information content (AvgIpc) is 2.82. The van der Waals surface area contributed by atoms with Crippen LogP contribution in [-0.2, 0) is 9.47 Å². The lowest BCUT2D eigenvalue weighted by atomic mass is 9.84. The molecule has 0 bridgehead atoms. The molecule has 0 N–H and O–H groups in total. The van der Waals surface area contributed by atoms with E-state index in [-0.39, 0.29) is 12.2 Å². The fourth-order valence-electron chi connectivity index (χ4n) is 3.50. The van der Waals surface area contributed by atoms with Gasteiger partial charge >= 0.3 is 5.97 Å². The van der Waals surface area contributed by atoms with Gasteiger partial charge in [0.15, 0.2) is 6.79 Å². The third-order valence-electron chi connectivity index (χ3n) is 5.92. The van der Waals surface area contributed by atoms with Crippen LogP contribution in [0.2, 0.25) is 0 Å². The summed E-state index contributed by atoms with van der Waals surface area (Å²) >= 11 is 0. The number of esters is 1. The van der Waals surface area contributed by atoms with E-state index in [1.54, 1.807) is 36.4 Å². The molecular weight excluding hydrogens is 420 g/mol. The molecule has 0 spiro atoms. The van der Waals surface area contributed by atoms with Crippen LogP contribution in [0.4, 0.5) is 0 Å². The van der Waals surface area contributed by atoms with Crippen molar-refractivity contribution in [2.75, 3.05) is 33.2 Å². The Balaban J connectivity index is 1.36. The van der Waals surface area contributed by atoms with Crippen LogP contribution in [0.15, 0.2) is 48.5 Å². The number of hydrogen-bond donors (Lipinski definition) is 0. The van der Waals surface area contributed by atoms with Crippen LogP contribution in [0, 0.1) is 5.41 Å². The maximum atomic E-state index is 12.4. The van der Waals surface area contributed by atoms with Crippen molar-refractivity contribution < 1.29 is 28.5 Å². The second kappa shape index (κ2) is 13.2. The zero-order valence-corrected chi connectivity index (χ0v) is 19.8. The Morgan fingerprint density at radius 2 is 1.48 bits per heavy atom. The molecule has 33 heavy (non-hydrogen) atoms. The molecular formula is C27H36O6. The monoisotopic (exact) mass is 456 g/mol. The van der Waals surface area contributed by atoms with Gasteiger partial charge in [-0.25, -0.2) is 4.79 Å². The summed E-state index contributed by atoms with van der Waals surface area (Å²) < 4.78 is 27.8. The van der Waals surface area contributed by atoms with Crippen LogP contribution in [0.3, 0.4) is 0 Å². The van der Waals surface area contributed by atoms with Crippen molar-refractivity contribution in [2.45, 2.75) is 52.4 Å². The second-order valence-corrected chi connectivity index (χ2v) is 8.60. The first-order valence-corrected chi connectivity index (χ1v) is 12.0. The van der Waals surface area contributed by atoms with Crippen LogP contribution in [0.5, 0.6) is 17.2 Å². The molecule has 0 atom stereocenters. The number of carbonyl (C=O) groups excluding carboxylic acids is 1. The van der Waals surface area contributed by atoms with Gasteiger partial charge in [0.1, 0.15) is 17.2 Å². The molecule has 2 aromatic rings. The maximum absolute atomic E-state index is 12.4. The highest BCUT2D eigenvalue weighted by atomic mass is 16.7. The summed E-state index contributed by atoms with van der Waals surface area (Å²) in [6, 6.07) is 14.0. The number of hydrogen-bond acceptors (Lipinski definition) is 6. The lowest BCUT2D eigenvalue weighted by molar-refractivity contribution is -0.162. The van der Waals surface area contributed by atoms with Gasteiger partial charge in [0.25, 0.3) is 0 Å². The van der Waals surface area contributed by atoms with E-state index in [0.29, 0.717) is 30.3 Å². The van der Waals surface area contributed by atoms with Gasteiger partial charge in [-0.15, -0.1) is 0 Å². The molecule has 180 valence electrons. The van der Waals surface area contributed by atoms with E-state index in [9.17, 15) is 4.79 Å². The standard InChI is InChI=1S/C27H36O6/c1-3-5-6-7-8-17-31-23-13-15-25(16-14-23)33-26(28)22-9-11-24(12-10-22)32-21-30-20-27(4-2)18-29-19-27/h9-16H,3-8,17-21H2,1-2H3. The van der Waals surface area contributed by atoms with E-state index in [2.05, 4.69) is 13.8 Å². The molecule has 3 rings (SSSR count). The van der Waals surface area contributed by atoms with E-state index in [1.165, 1.54) is 25.7 Å². The van der Waals surface area contributed by atoms with Crippen molar-refractivity contribution >= 4 is 5.97 Å². The van der Waals surface area contributed by atoms with Gasteiger partial charge in [0.2, 0.25) is 0 Å². The zero-order chi connectivity index (χ0) is 23.4. The molecule has 0 aliphatic carbocycles. The fraction of sp³-hybridized carbons (Fsp3) is 0.519. The second-order valence-electron chi connectivity index (χ2n) is 8.60. The summed E-state index contributed by atoms with van der Waals surface area (Å²) in [5.74, 6) is 1.48. The highest BCUT2D eigenvalue weighted by Crippen LogP contribution is 2.31. The maximum Gasteiger partial charge on any atom is 0.343 e. The third-order valence-corrected chi connectivity index (χ3v) is 5.92. The average molecular weight is 457 g/mol. The molecule has 0 amide bonds. The Labute approximate surface area is 197 Å². The van der Waals surface area contributed by atoms with Gasteiger partial charge in [0.05, 0.1) is 32.0 Å². The van der Waals surface area contributed by atoms with Gasteiger partial charge in [-0.1, -0.05) is 39.5 Å². The lowest BCUT2D eigenvalue weighted by Gasteiger charge is -2.40. The largest absolute Gasteiger partial charge is 0.494 e. The molecule has 0 saturated carbocycles. The predicted octanol–water partition coefficient (Wildman–Crippen LogP) is 6.03. The van der Waals surface area contributed by atoms with E-state index >= 15 is 0 Å². The van der Waals surface area contributed by atoms with Crippen LogP contribution in [0.25, 0.3) is 0 Å². The highest BCUT2D eigenvalue weighted by molar-refractivity contribution is 5.91. The minimum Gasteiger partial charge on any atom is -0.494 e. The third kappa shape index (κ3) is 8.06. The number of rotatable bonds is 15. The topological polar surface area (TPSA) is 63.2 Å². The van der Waals surface area contributed by atoms with E-state index in [4.69, 9.17) is 23.7 Å². The molecule has 0 unspecified atom stereocenters. The van der Waals surface area contributed by atoms with Gasteiger partial charge in [-0.05, 0) is 61.4 Å². The summed E-state index contributed by atoms with van der Waals surface area (Å²) in [5.41, 5.74) is 0.586. The van der Waals surface area contributed by atoms with Gasteiger partial charge in [-0.3, -0.25) is 0 Å². The minimum atomic E-state index is -0.419. The van der Waals surface area contributed by atoms with Crippen molar-refractivity contribution in [3.05, 3.63) is 54.1 Å². The first-order valence-electron chi connectivity index (χ1n) is 12.0. The zero-order valence-electron chi connectivity index (χ0n) is 19.8. The van der Waals surface area contributed by atoms with Crippen LogP contribution in [0.1, 0.15) is 62.7 Å². The number of unbranched alkanes of at least 4 members (excludes halogenated alkanes) is 4. The Hall–Kier alpha value is -2.57.